The van der Waals surface area contributed by atoms with Gasteiger partial charge in [-0.1, -0.05) is 41.4 Å². The van der Waals surface area contributed by atoms with Crippen LogP contribution in [0.25, 0.3) is 0 Å². The van der Waals surface area contributed by atoms with Crippen LogP contribution in [0, 0.1) is 22.7 Å². The van der Waals surface area contributed by atoms with Crippen LogP contribution in [0.15, 0.2) is 23.8 Å². The van der Waals surface area contributed by atoms with Gasteiger partial charge in [0.05, 0.1) is 4.32 Å². The number of Topliss-reactive ketones (excluding diaryl/α,β-unsaturated/α-hetero) is 1. The van der Waals surface area contributed by atoms with E-state index in [0.29, 0.717) is 19.3 Å². The Balaban J connectivity index is 1.82. The van der Waals surface area contributed by atoms with E-state index in [1.807, 2.05) is 0 Å². The third-order valence-corrected chi connectivity index (χ3v) is 11.0. The topological polar surface area (TPSA) is 107 Å². The number of fused-ring (bicyclic) bond motifs is 5. The minimum Gasteiger partial charge on any atom is -0.458 e. The molecule has 0 aromatic rings. The van der Waals surface area contributed by atoms with Crippen LogP contribution in [0.4, 0.5) is 13.2 Å². The highest BCUT2D eigenvalue weighted by Gasteiger charge is 2.74. The van der Waals surface area contributed by atoms with Crippen LogP contribution in [0.3, 0.4) is 0 Å². The molecular weight excluding hydrogens is 549 g/mol. The maximum atomic E-state index is 13.3. The molecule has 4 rings (SSSR count). The molecule has 0 spiro atoms. The van der Waals surface area contributed by atoms with Gasteiger partial charge in [0.1, 0.15) is 11.7 Å². The summed E-state index contributed by atoms with van der Waals surface area (Å²) in [5.41, 5.74) is -3.47. The van der Waals surface area contributed by atoms with E-state index in [-0.39, 0.29) is 24.5 Å². The number of aliphatic hydroxyl groups is 1. The van der Waals surface area contributed by atoms with Gasteiger partial charge < -0.3 is 14.6 Å². The molecule has 0 radical (unpaired) electrons. The van der Waals surface area contributed by atoms with Crippen molar-refractivity contribution in [3.05, 3.63) is 23.8 Å². The van der Waals surface area contributed by atoms with Gasteiger partial charge >= 0.3 is 18.1 Å². The van der Waals surface area contributed by atoms with Crippen molar-refractivity contribution < 1.29 is 46.9 Å². The first kappa shape index (κ1) is 27.0. The summed E-state index contributed by atoms with van der Waals surface area (Å²) in [5.74, 6) is -4.77. The number of hydrogen-bond acceptors (Lipinski definition) is 7. The molecule has 1 N–H and O–H groups in total. The number of esters is 2. The van der Waals surface area contributed by atoms with Crippen LogP contribution in [0.5, 0.6) is 0 Å². The number of ether oxygens (including phenoxy) is 2. The fourth-order valence-electron chi connectivity index (χ4n) is 7.25. The smallest absolute Gasteiger partial charge is 0.458 e. The summed E-state index contributed by atoms with van der Waals surface area (Å²) in [4.78, 5) is 48.6. The lowest BCUT2D eigenvalue weighted by Crippen LogP contribution is -2.69. The maximum absolute atomic E-state index is 13.3. The van der Waals surface area contributed by atoms with E-state index in [1.54, 1.807) is 19.9 Å². The first-order chi connectivity index (χ1) is 16.5. The average Bonchev–Trinajstić information content (AvgIpc) is 3.04. The highest BCUT2D eigenvalue weighted by atomic mass is 79.9. The molecule has 7 atom stereocenters. The second-order valence-corrected chi connectivity index (χ2v) is 12.1. The minimum atomic E-state index is -5.25. The first-order valence-electron chi connectivity index (χ1n) is 11.8. The lowest BCUT2D eigenvalue weighted by atomic mass is 9.46. The van der Waals surface area contributed by atoms with Gasteiger partial charge in [0.15, 0.2) is 12.4 Å². The molecule has 3 saturated carbocycles. The molecule has 0 aliphatic heterocycles. The standard InChI is InChI=1S/C25H28BrF3O7/c1-13(30)35-12-18(32)23(34)9-7-16-17-5-4-14-10-15(31)6-8-21(14,2)24(17,26)19(11-22(16,23)3)36-20(33)25(27,28)29/h6,8,10,16-17,19,34H,4-5,7,9,11-12H2,1-3H3/t16-,17-,19-,21-,22-,23-,24-/m0/s1. The van der Waals surface area contributed by atoms with Crippen molar-refractivity contribution >= 4 is 39.4 Å². The molecule has 36 heavy (non-hydrogen) atoms. The van der Waals surface area contributed by atoms with E-state index in [9.17, 15) is 37.5 Å². The number of halogens is 4. The fraction of sp³-hybridized carbons (Fsp3) is 0.680. The Kier molecular flexibility index (Phi) is 6.39. The number of carbonyl (C=O) groups excluding carboxylic acids is 4. The van der Waals surface area contributed by atoms with E-state index >= 15 is 0 Å². The minimum absolute atomic E-state index is 0.0293. The molecular formula is C25H28BrF3O7. The number of hydrogen-bond donors (Lipinski definition) is 1. The van der Waals surface area contributed by atoms with Crippen molar-refractivity contribution in [3.63, 3.8) is 0 Å². The number of rotatable bonds is 4. The van der Waals surface area contributed by atoms with Gasteiger partial charge in [0.2, 0.25) is 5.78 Å². The molecule has 198 valence electrons. The number of carbonyl (C=O) groups is 4. The van der Waals surface area contributed by atoms with Crippen LogP contribution >= 0.6 is 15.9 Å². The van der Waals surface area contributed by atoms with Gasteiger partial charge in [-0.15, -0.1) is 0 Å². The van der Waals surface area contributed by atoms with Crippen LogP contribution in [0.2, 0.25) is 0 Å². The van der Waals surface area contributed by atoms with Gasteiger partial charge in [-0.2, -0.15) is 13.2 Å². The number of ketones is 2. The third-order valence-electron chi connectivity index (χ3n) is 9.12. The van der Waals surface area contributed by atoms with Crippen molar-refractivity contribution in [2.75, 3.05) is 6.61 Å². The molecule has 0 aromatic carbocycles. The Morgan fingerprint density at radius 2 is 1.86 bits per heavy atom. The summed E-state index contributed by atoms with van der Waals surface area (Å²) in [6.07, 6.45) is -1.04. The van der Waals surface area contributed by atoms with Crippen molar-refractivity contribution in [3.8, 4) is 0 Å². The quantitative estimate of drug-likeness (QED) is 0.401. The number of allylic oxidation sites excluding steroid dienone is 4. The van der Waals surface area contributed by atoms with Gasteiger partial charge in [-0.05, 0) is 56.1 Å². The van der Waals surface area contributed by atoms with Gasteiger partial charge in [-0.25, -0.2) is 4.79 Å². The molecule has 0 amide bonds. The zero-order valence-corrected chi connectivity index (χ0v) is 21.7. The zero-order chi connectivity index (χ0) is 26.9. The van der Waals surface area contributed by atoms with Gasteiger partial charge in [-0.3, -0.25) is 14.4 Å². The SMILES string of the molecule is CC(=O)OCC(=O)[C@@]1(O)CC[C@H]2[C@@H]3CCC4=CC(=O)C=C[C@]4(C)[C@@]3(Br)[C@@H](OC(=O)C(F)(F)F)C[C@@]21C. The van der Waals surface area contributed by atoms with Crippen LogP contribution < -0.4 is 0 Å². The second kappa shape index (κ2) is 8.51. The molecule has 0 aromatic heterocycles. The summed E-state index contributed by atoms with van der Waals surface area (Å²) in [5, 5.41) is 11.7. The molecule has 4 aliphatic carbocycles. The van der Waals surface area contributed by atoms with Gasteiger partial charge in [0.25, 0.3) is 0 Å². The van der Waals surface area contributed by atoms with Crippen molar-refractivity contribution in [2.45, 2.75) is 75.1 Å². The largest absolute Gasteiger partial charge is 0.490 e. The van der Waals surface area contributed by atoms with E-state index < -0.39 is 63.3 Å². The highest BCUT2D eigenvalue weighted by Crippen LogP contribution is 2.71. The first-order valence-corrected chi connectivity index (χ1v) is 12.6. The summed E-state index contributed by atoms with van der Waals surface area (Å²) < 4.78 is 48.8. The monoisotopic (exact) mass is 576 g/mol. The number of alkyl halides is 4. The predicted octanol–water partition coefficient (Wildman–Crippen LogP) is 3.76. The van der Waals surface area contributed by atoms with E-state index in [2.05, 4.69) is 15.9 Å². The Labute approximate surface area is 214 Å². The molecule has 0 unspecified atom stereocenters. The summed E-state index contributed by atoms with van der Waals surface area (Å²) in [6.45, 7) is 3.89. The Morgan fingerprint density at radius 3 is 2.47 bits per heavy atom. The lowest BCUT2D eigenvalue weighted by molar-refractivity contribution is -0.220. The lowest BCUT2D eigenvalue weighted by Gasteiger charge is -2.64. The van der Waals surface area contributed by atoms with Crippen molar-refractivity contribution in [1.82, 2.24) is 0 Å². The Hall–Kier alpha value is -2.01. The molecule has 11 heteroatoms. The highest BCUT2D eigenvalue weighted by molar-refractivity contribution is 9.10. The average molecular weight is 577 g/mol. The summed E-state index contributed by atoms with van der Waals surface area (Å²) in [6, 6.07) is 0. The van der Waals surface area contributed by atoms with E-state index in [1.165, 1.54) is 12.2 Å². The summed E-state index contributed by atoms with van der Waals surface area (Å²) in [7, 11) is 0. The Bertz CT molecular complexity index is 1080. The van der Waals surface area contributed by atoms with E-state index in [0.717, 1.165) is 12.5 Å². The fourth-order valence-corrected chi connectivity index (χ4v) is 8.44. The zero-order valence-electron chi connectivity index (χ0n) is 20.1. The van der Waals surface area contributed by atoms with E-state index in [4.69, 9.17) is 9.47 Å². The normalized spacial score (nSPS) is 41.5. The summed E-state index contributed by atoms with van der Waals surface area (Å²) >= 11 is 3.75. The second-order valence-electron chi connectivity index (χ2n) is 10.7. The van der Waals surface area contributed by atoms with Crippen LogP contribution in [0.1, 0.15) is 52.9 Å². The van der Waals surface area contributed by atoms with Crippen LogP contribution in [-0.4, -0.2) is 57.4 Å². The van der Waals surface area contributed by atoms with Crippen molar-refractivity contribution in [1.29, 1.82) is 0 Å². The maximum Gasteiger partial charge on any atom is 0.490 e. The molecule has 3 fully saturated rings. The van der Waals surface area contributed by atoms with Crippen LogP contribution in [-0.2, 0) is 28.7 Å². The molecule has 0 saturated heterocycles. The predicted molar refractivity (Wildman–Crippen MR) is 123 cm³/mol. The third kappa shape index (κ3) is 3.71. The van der Waals surface area contributed by atoms with Crippen molar-refractivity contribution in [2.24, 2.45) is 22.7 Å². The molecule has 4 aliphatic rings. The molecule has 7 nitrogen and oxygen atoms in total. The molecule has 0 heterocycles. The molecule has 0 bridgehead atoms. The Morgan fingerprint density at radius 1 is 1.19 bits per heavy atom. The van der Waals surface area contributed by atoms with Gasteiger partial charge in [0, 0.05) is 17.8 Å².